The molecule has 3 nitrogen and oxygen atoms in total. The van der Waals surface area contributed by atoms with Crippen LogP contribution in [0.1, 0.15) is 195 Å². The van der Waals surface area contributed by atoms with Crippen molar-refractivity contribution in [3.63, 3.8) is 0 Å². The van der Waals surface area contributed by atoms with Gasteiger partial charge in [-0.15, -0.1) is 0 Å². The standard InChI is InChI=1S/C37H43N.C36H41N.C34H29N/c1-24-13-11-14-25(21-24)28-15-12-16-33(34(28)37(8,9)10)38-31-19-17-26(35(2,3)4)22-29(31)30-23-27(36(5,6)7)18-20-32(30)38;1-34(2,3)25-18-20-30-28(22-25)29-23-26(35(4,5)6)19-21-31(29)37(30)32-17-13-16-27(33(32)36(7,8)9)24-14-11-10-12-15-24;1-34(2,3)32-26(24-14-6-4-7-15-24)19-13-23-31(32)35-30-22-11-10-18-28(30)29-21-12-20-27(33(29)35)25-16-8-5-9-17-25/h11-23H,1-10H3;10-23H,1-9H3;4-23H,1-3H3/i11D,13D,14D,21D;;. The van der Waals surface area contributed by atoms with Crippen molar-refractivity contribution >= 4 is 65.4 Å². The van der Waals surface area contributed by atoms with Crippen molar-refractivity contribution in [3.8, 4) is 61.6 Å². The van der Waals surface area contributed by atoms with E-state index in [9.17, 15) is 0 Å². The molecule has 0 saturated carbocycles. The molecule has 0 amide bonds. The molecule has 0 aliphatic rings. The summed E-state index contributed by atoms with van der Waals surface area (Å²) in [6.07, 6.45) is 0. The van der Waals surface area contributed by atoms with Gasteiger partial charge in [0.1, 0.15) is 0 Å². The van der Waals surface area contributed by atoms with Crippen LogP contribution in [0.25, 0.3) is 127 Å². The van der Waals surface area contributed by atoms with Crippen LogP contribution < -0.4 is 0 Å². The second kappa shape index (κ2) is 28.6. The molecule has 0 atom stereocenters. The van der Waals surface area contributed by atoms with Crippen molar-refractivity contribution in [2.75, 3.05) is 0 Å². The summed E-state index contributed by atoms with van der Waals surface area (Å²) in [7, 11) is 0. The topological polar surface area (TPSA) is 14.8 Å². The Balaban J connectivity index is 0.000000142. The van der Waals surface area contributed by atoms with Gasteiger partial charge < -0.3 is 13.7 Å². The quantitative estimate of drug-likeness (QED) is 0.151. The van der Waals surface area contributed by atoms with Crippen molar-refractivity contribution in [1.29, 1.82) is 0 Å². The minimum absolute atomic E-state index is 0.00558. The highest BCUT2D eigenvalue weighted by molar-refractivity contribution is 6.15. The molecule has 0 spiro atoms. The molecular formula is C107H113N3. The van der Waals surface area contributed by atoms with Gasteiger partial charge in [0.05, 0.1) is 55.6 Å². The maximum atomic E-state index is 8.95. The zero-order valence-electron chi connectivity index (χ0n) is 73.2. The average molecular weight is 1450 g/mol. The molecule has 556 valence electrons. The van der Waals surface area contributed by atoms with Crippen LogP contribution in [0.3, 0.4) is 0 Å². The lowest BCUT2D eigenvalue weighted by Crippen LogP contribution is -2.17. The zero-order valence-corrected chi connectivity index (χ0v) is 69.2. The molecule has 3 heteroatoms. The smallest absolute Gasteiger partial charge is 0.0632 e. The monoisotopic (exact) mass is 1440 g/mol. The van der Waals surface area contributed by atoms with Gasteiger partial charge in [0, 0.05) is 37.9 Å². The van der Waals surface area contributed by atoms with Crippen LogP contribution in [0.4, 0.5) is 0 Å². The van der Waals surface area contributed by atoms with Crippen molar-refractivity contribution in [2.45, 2.75) is 190 Å². The van der Waals surface area contributed by atoms with Crippen LogP contribution >= 0.6 is 0 Å². The molecule has 3 heterocycles. The zero-order chi connectivity index (χ0) is 81.8. The third kappa shape index (κ3) is 14.6. The summed E-state index contributed by atoms with van der Waals surface area (Å²) in [5.74, 6) is 0. The lowest BCUT2D eigenvalue weighted by molar-refractivity contribution is 0.588. The second-order valence-electron chi connectivity index (χ2n) is 37.6. The highest BCUT2D eigenvalue weighted by Gasteiger charge is 2.32. The first-order chi connectivity index (χ1) is 53.6. The van der Waals surface area contributed by atoms with Crippen molar-refractivity contribution < 1.29 is 5.48 Å². The summed E-state index contributed by atoms with van der Waals surface area (Å²) in [5, 5.41) is 7.65. The predicted molar refractivity (Wildman–Crippen MR) is 480 cm³/mol. The van der Waals surface area contributed by atoms with Gasteiger partial charge in [0.2, 0.25) is 0 Å². The summed E-state index contributed by atoms with van der Waals surface area (Å²) in [5.41, 5.74) is 28.8. The van der Waals surface area contributed by atoms with Crippen LogP contribution in [0.15, 0.2) is 285 Å². The lowest BCUT2D eigenvalue weighted by Gasteiger charge is -2.28. The molecule has 110 heavy (non-hydrogen) atoms. The van der Waals surface area contributed by atoms with E-state index >= 15 is 0 Å². The SMILES string of the molecule is CC(C)(C)c1c(-c2ccccc2)cccc1-n1c2ccccc2c2cccc(-c3ccccc3)c21.CC(C)(C)c1ccc2c(c1)c1cc(C(C)(C)C)ccc1n2-c1cccc(-c2ccccc2)c1C(C)(C)C.[2H]c1c([2H])c(C)c([2H])c(-c2cccc(-n3c4ccc(C(C)(C)C)cc4c4cc(C(C)(C)C)ccc43)c2C(C)(C)C)c1[2H]. The molecule has 0 radical (unpaired) electrons. The van der Waals surface area contributed by atoms with E-state index in [2.05, 4.69) is 408 Å². The minimum Gasteiger partial charge on any atom is -0.309 e. The van der Waals surface area contributed by atoms with Crippen LogP contribution in [-0.4, -0.2) is 13.7 Å². The molecule has 0 aliphatic carbocycles. The highest BCUT2D eigenvalue weighted by Crippen LogP contribution is 2.48. The maximum absolute atomic E-state index is 8.95. The van der Waals surface area contributed by atoms with E-state index in [4.69, 9.17) is 5.48 Å². The fourth-order valence-electron chi connectivity index (χ4n) is 16.6. The normalized spacial score (nSPS) is 13.1. The van der Waals surface area contributed by atoms with Crippen molar-refractivity contribution in [2.24, 2.45) is 0 Å². The number of hydrogen-bond acceptors (Lipinski definition) is 0. The van der Waals surface area contributed by atoms with Gasteiger partial charge in [0.25, 0.3) is 0 Å². The summed E-state index contributed by atoms with van der Waals surface area (Å²) < 4.78 is 41.9. The largest absolute Gasteiger partial charge is 0.309 e. The van der Waals surface area contributed by atoms with Gasteiger partial charge in [-0.05, 0) is 196 Å². The predicted octanol–water partition coefficient (Wildman–Crippen LogP) is 30.4. The Labute approximate surface area is 662 Å². The molecule has 3 aromatic heterocycles. The van der Waals surface area contributed by atoms with Gasteiger partial charge in [-0.1, -0.05) is 363 Å². The average Bonchev–Trinajstić information content (AvgIpc) is 1.60. The second-order valence-corrected chi connectivity index (χ2v) is 37.6. The molecule has 13 aromatic carbocycles. The molecule has 0 fully saturated rings. The number of nitrogens with zero attached hydrogens (tertiary/aromatic N) is 3. The Morgan fingerprint density at radius 2 is 0.527 bits per heavy atom. The van der Waals surface area contributed by atoms with Gasteiger partial charge >= 0.3 is 0 Å². The fraction of sp³-hybridized carbons (Fsp3) is 0.271. The molecule has 0 saturated heterocycles. The first kappa shape index (κ1) is 70.9. The van der Waals surface area contributed by atoms with Gasteiger partial charge in [-0.3, -0.25) is 0 Å². The lowest BCUT2D eigenvalue weighted by atomic mass is 9.80. The fourth-order valence-corrected chi connectivity index (χ4v) is 16.6. The molecule has 0 bridgehead atoms. The Kier molecular flexibility index (Phi) is 18.4. The molecule has 0 unspecified atom stereocenters. The van der Waals surface area contributed by atoms with Gasteiger partial charge in [0.15, 0.2) is 0 Å². The van der Waals surface area contributed by atoms with E-state index in [-0.39, 0.29) is 62.1 Å². The Morgan fingerprint density at radius 1 is 0.236 bits per heavy atom. The first-order valence-corrected chi connectivity index (χ1v) is 39.5. The number of fused-ring (bicyclic) bond motifs is 9. The minimum atomic E-state index is -0.347. The van der Waals surface area contributed by atoms with E-state index in [0.29, 0.717) is 11.1 Å². The third-order valence-electron chi connectivity index (χ3n) is 22.1. The van der Waals surface area contributed by atoms with E-state index in [1.807, 2.05) is 12.1 Å². The van der Waals surface area contributed by atoms with Crippen LogP contribution in [0.5, 0.6) is 0 Å². The number of aromatic nitrogens is 3. The van der Waals surface area contributed by atoms with Crippen molar-refractivity contribution in [1.82, 2.24) is 13.7 Å². The van der Waals surface area contributed by atoms with E-state index in [0.717, 1.165) is 27.8 Å². The molecule has 0 N–H and O–H groups in total. The number of para-hydroxylation sites is 2. The molecular weight excluding hydrogens is 1330 g/mol. The highest BCUT2D eigenvalue weighted by atomic mass is 15.0. The molecule has 0 aliphatic heterocycles. The number of benzene rings is 13. The van der Waals surface area contributed by atoms with Gasteiger partial charge in [-0.25, -0.2) is 0 Å². The summed E-state index contributed by atoms with van der Waals surface area (Å²) in [6, 6.07) is 95.2. The number of rotatable bonds is 7. The van der Waals surface area contributed by atoms with E-state index in [1.54, 1.807) is 6.92 Å². The summed E-state index contributed by atoms with van der Waals surface area (Å²) in [6.45, 7) is 49.5. The van der Waals surface area contributed by atoms with Crippen LogP contribution in [0.2, 0.25) is 0 Å². The Bertz CT molecular complexity index is 6180. The van der Waals surface area contributed by atoms with E-state index < -0.39 is 0 Å². The third-order valence-corrected chi connectivity index (χ3v) is 22.1. The van der Waals surface area contributed by atoms with Crippen LogP contribution in [0, 0.1) is 6.92 Å². The van der Waals surface area contributed by atoms with Gasteiger partial charge in [-0.2, -0.15) is 0 Å². The van der Waals surface area contributed by atoms with Crippen LogP contribution in [-0.2, 0) is 37.9 Å². The van der Waals surface area contributed by atoms with E-state index in [1.165, 1.54) is 133 Å². The summed E-state index contributed by atoms with van der Waals surface area (Å²) in [4.78, 5) is 0. The van der Waals surface area contributed by atoms with Crippen molar-refractivity contribution in [3.05, 3.63) is 330 Å². The molecule has 16 rings (SSSR count). The molecule has 16 aromatic rings. The Morgan fingerprint density at radius 3 is 0.882 bits per heavy atom. The maximum Gasteiger partial charge on any atom is 0.0632 e. The summed E-state index contributed by atoms with van der Waals surface area (Å²) >= 11 is 0. The Hall–Kier alpha value is -10.7. The number of hydrogen-bond donors (Lipinski definition) is 0. The first-order valence-electron chi connectivity index (χ1n) is 41.5.